The van der Waals surface area contributed by atoms with Gasteiger partial charge in [0.05, 0.1) is 30.7 Å². The summed E-state index contributed by atoms with van der Waals surface area (Å²) in [5, 5.41) is 0. The van der Waals surface area contributed by atoms with Gasteiger partial charge >= 0.3 is 5.97 Å². The van der Waals surface area contributed by atoms with Gasteiger partial charge in [0.15, 0.2) is 0 Å². The van der Waals surface area contributed by atoms with Gasteiger partial charge in [-0.15, -0.1) is 0 Å². The lowest BCUT2D eigenvalue weighted by molar-refractivity contribution is -0.152. The Hall–Kier alpha value is -3.04. The van der Waals surface area contributed by atoms with E-state index in [2.05, 4.69) is 0 Å². The molecule has 2 heterocycles. The van der Waals surface area contributed by atoms with Crippen LogP contribution < -0.4 is 4.90 Å². The fraction of sp³-hybridized carbons (Fsp3) is 0.545. The molecule has 2 atom stereocenters. The smallest absolute Gasteiger partial charge is 0.310 e. The number of anilines is 1. The summed E-state index contributed by atoms with van der Waals surface area (Å²) in [5.74, 6) is -4.22. The van der Waals surface area contributed by atoms with Crippen LogP contribution in [0.3, 0.4) is 0 Å². The lowest BCUT2D eigenvalue weighted by Crippen LogP contribution is -2.48. The number of nitrogens with zero attached hydrogens (tertiary/aromatic N) is 3. The van der Waals surface area contributed by atoms with Crippen LogP contribution in [0.2, 0.25) is 0 Å². The number of carbonyl (C=O) groups is 4. The largest absolute Gasteiger partial charge is 0.466 e. The van der Waals surface area contributed by atoms with Gasteiger partial charge in [0.25, 0.3) is 0 Å². The summed E-state index contributed by atoms with van der Waals surface area (Å²) >= 11 is 0. The Morgan fingerprint density at radius 2 is 1.94 bits per heavy atom. The molecule has 2 saturated heterocycles. The number of carbonyl (C=O) groups excluding carboxylic acids is 4. The number of hydrogen-bond acceptors (Lipinski definition) is 5. The van der Waals surface area contributed by atoms with E-state index in [1.807, 2.05) is 0 Å². The number of esters is 1. The summed E-state index contributed by atoms with van der Waals surface area (Å²) in [7, 11) is 1.47. The molecule has 1 aromatic carbocycles. The second-order valence-corrected chi connectivity index (χ2v) is 8.13. The number of hydrogen-bond donors (Lipinski definition) is 0. The maximum atomic E-state index is 14.1. The molecule has 3 rings (SSSR count). The van der Waals surface area contributed by atoms with Crippen molar-refractivity contribution in [3.05, 3.63) is 29.8 Å². The molecule has 0 radical (unpaired) electrons. The number of halogens is 2. The van der Waals surface area contributed by atoms with E-state index in [0.29, 0.717) is 25.5 Å². The average Bonchev–Trinajstić information content (AvgIpc) is 3.14. The molecule has 0 spiro atoms. The normalized spacial score (nSPS) is 20.9. The van der Waals surface area contributed by atoms with Crippen molar-refractivity contribution < 1.29 is 32.7 Å². The summed E-state index contributed by atoms with van der Waals surface area (Å²) in [6, 6.07) is 2.90. The van der Waals surface area contributed by atoms with Crippen LogP contribution in [0.1, 0.15) is 26.2 Å². The van der Waals surface area contributed by atoms with E-state index in [4.69, 9.17) is 4.74 Å². The lowest BCUT2D eigenvalue weighted by Gasteiger charge is -2.33. The third kappa shape index (κ3) is 5.23. The van der Waals surface area contributed by atoms with Crippen molar-refractivity contribution in [2.24, 2.45) is 11.8 Å². The first-order valence-corrected chi connectivity index (χ1v) is 10.7. The van der Waals surface area contributed by atoms with Crippen LogP contribution in [0.5, 0.6) is 0 Å². The minimum absolute atomic E-state index is 0.0482. The van der Waals surface area contributed by atoms with Crippen LogP contribution in [0.15, 0.2) is 18.2 Å². The molecule has 0 bridgehead atoms. The van der Waals surface area contributed by atoms with Crippen molar-refractivity contribution in [2.75, 3.05) is 44.7 Å². The Kier molecular flexibility index (Phi) is 7.42. The van der Waals surface area contributed by atoms with Crippen molar-refractivity contribution in [3.63, 3.8) is 0 Å². The molecule has 0 saturated carbocycles. The Labute approximate surface area is 185 Å². The van der Waals surface area contributed by atoms with E-state index in [1.54, 1.807) is 11.8 Å². The van der Waals surface area contributed by atoms with Gasteiger partial charge in [-0.25, -0.2) is 8.78 Å². The maximum Gasteiger partial charge on any atom is 0.310 e. The summed E-state index contributed by atoms with van der Waals surface area (Å²) < 4.78 is 32.3. The standard InChI is InChI=1S/C22H27F2N3O5/c1-3-32-22(31)14-5-4-8-26(11-14)20(29)13-25(2)21(30)15-9-19(28)27(12-15)18-7-6-16(23)10-17(18)24/h6-7,10,14-15H,3-5,8-9,11-13H2,1-2H3. The van der Waals surface area contributed by atoms with Gasteiger partial charge in [0.1, 0.15) is 11.6 Å². The minimum Gasteiger partial charge on any atom is -0.466 e. The fourth-order valence-electron chi connectivity index (χ4n) is 4.15. The van der Waals surface area contributed by atoms with Gasteiger partial charge < -0.3 is 19.4 Å². The molecular formula is C22H27F2N3O5. The Morgan fingerprint density at radius 3 is 2.62 bits per heavy atom. The van der Waals surface area contributed by atoms with E-state index in [-0.39, 0.29) is 56.1 Å². The number of likely N-dealkylation sites (tertiary alicyclic amines) is 1. The predicted molar refractivity (Wildman–Crippen MR) is 110 cm³/mol. The van der Waals surface area contributed by atoms with Crippen LogP contribution in [-0.2, 0) is 23.9 Å². The first-order chi connectivity index (χ1) is 15.2. The molecule has 2 aliphatic rings. The number of rotatable bonds is 6. The van der Waals surface area contributed by atoms with Crippen LogP contribution in [0.4, 0.5) is 14.5 Å². The monoisotopic (exact) mass is 451 g/mol. The quantitative estimate of drug-likeness (QED) is 0.613. The zero-order chi connectivity index (χ0) is 23.4. The molecule has 0 aromatic heterocycles. The Balaban J connectivity index is 1.58. The zero-order valence-corrected chi connectivity index (χ0v) is 18.2. The molecule has 0 aliphatic carbocycles. The molecule has 10 heteroatoms. The molecule has 32 heavy (non-hydrogen) atoms. The second-order valence-electron chi connectivity index (χ2n) is 8.13. The third-order valence-electron chi connectivity index (χ3n) is 5.82. The summed E-state index contributed by atoms with van der Waals surface area (Å²) in [6.07, 6.45) is 1.20. The molecule has 2 fully saturated rings. The van der Waals surface area contributed by atoms with E-state index in [9.17, 15) is 28.0 Å². The van der Waals surface area contributed by atoms with Crippen LogP contribution >= 0.6 is 0 Å². The highest BCUT2D eigenvalue weighted by molar-refractivity contribution is 6.00. The maximum absolute atomic E-state index is 14.1. The molecule has 3 amide bonds. The van der Waals surface area contributed by atoms with Gasteiger partial charge in [-0.3, -0.25) is 19.2 Å². The van der Waals surface area contributed by atoms with Crippen LogP contribution in [0.25, 0.3) is 0 Å². The number of benzene rings is 1. The SMILES string of the molecule is CCOC(=O)C1CCCN(C(=O)CN(C)C(=O)C2CC(=O)N(c3ccc(F)cc3F)C2)C1. The van der Waals surface area contributed by atoms with Gasteiger partial charge in [-0.05, 0) is 31.9 Å². The Bertz CT molecular complexity index is 910. The first kappa shape index (κ1) is 23.6. The molecule has 174 valence electrons. The summed E-state index contributed by atoms with van der Waals surface area (Å²) in [4.78, 5) is 53.8. The topological polar surface area (TPSA) is 87.2 Å². The first-order valence-electron chi connectivity index (χ1n) is 10.7. The van der Waals surface area contributed by atoms with Gasteiger partial charge in [0.2, 0.25) is 17.7 Å². The van der Waals surface area contributed by atoms with Crippen molar-refractivity contribution in [3.8, 4) is 0 Å². The third-order valence-corrected chi connectivity index (χ3v) is 5.82. The number of piperidine rings is 1. The second kappa shape index (κ2) is 10.1. The van der Waals surface area contributed by atoms with E-state index >= 15 is 0 Å². The molecule has 2 aliphatic heterocycles. The van der Waals surface area contributed by atoms with Crippen LogP contribution in [0, 0.1) is 23.5 Å². The number of likely N-dealkylation sites (N-methyl/N-ethyl adjacent to an activating group) is 1. The molecule has 2 unspecified atom stereocenters. The van der Waals surface area contributed by atoms with Crippen molar-refractivity contribution in [2.45, 2.75) is 26.2 Å². The van der Waals surface area contributed by atoms with Crippen molar-refractivity contribution >= 4 is 29.4 Å². The lowest BCUT2D eigenvalue weighted by atomic mass is 9.98. The van der Waals surface area contributed by atoms with Gasteiger partial charge in [-0.2, -0.15) is 0 Å². The van der Waals surface area contributed by atoms with Crippen LogP contribution in [-0.4, -0.2) is 73.3 Å². The van der Waals surface area contributed by atoms with E-state index in [0.717, 1.165) is 11.0 Å². The molecular weight excluding hydrogens is 424 g/mol. The zero-order valence-electron chi connectivity index (χ0n) is 18.2. The van der Waals surface area contributed by atoms with Crippen molar-refractivity contribution in [1.82, 2.24) is 9.80 Å². The average molecular weight is 451 g/mol. The highest BCUT2D eigenvalue weighted by atomic mass is 19.1. The van der Waals surface area contributed by atoms with Gasteiger partial charge in [0, 0.05) is 39.2 Å². The predicted octanol–water partition coefficient (Wildman–Crippen LogP) is 1.58. The number of amides is 3. The molecule has 1 aromatic rings. The summed E-state index contributed by atoms with van der Waals surface area (Å²) in [5.41, 5.74) is -0.0799. The van der Waals surface area contributed by atoms with Gasteiger partial charge in [-0.1, -0.05) is 0 Å². The fourth-order valence-corrected chi connectivity index (χ4v) is 4.15. The number of ether oxygens (including phenoxy) is 1. The molecule has 8 nitrogen and oxygen atoms in total. The van der Waals surface area contributed by atoms with Crippen molar-refractivity contribution in [1.29, 1.82) is 0 Å². The molecule has 0 N–H and O–H groups in total. The van der Waals surface area contributed by atoms with E-state index in [1.165, 1.54) is 18.0 Å². The summed E-state index contributed by atoms with van der Waals surface area (Å²) in [6.45, 7) is 2.51. The highest BCUT2D eigenvalue weighted by Gasteiger charge is 2.38. The minimum atomic E-state index is -0.878. The highest BCUT2D eigenvalue weighted by Crippen LogP contribution is 2.29. The van der Waals surface area contributed by atoms with E-state index < -0.39 is 29.4 Å². The Morgan fingerprint density at radius 1 is 1.19 bits per heavy atom.